The number of methoxy groups -OCH3 is 1. The lowest BCUT2D eigenvalue weighted by Gasteiger charge is -2.06. The third-order valence-electron chi connectivity index (χ3n) is 2.75. The topological polar surface area (TPSA) is 21.3 Å². The maximum Gasteiger partial charge on any atom is 0.120 e. The number of nitrogens with one attached hydrogen (secondary N) is 1. The Balaban J connectivity index is 2.10. The van der Waals surface area contributed by atoms with Gasteiger partial charge in [-0.05, 0) is 30.2 Å². The van der Waals surface area contributed by atoms with Crippen molar-refractivity contribution >= 4 is 11.3 Å². The Hall–Kier alpha value is -2.22. The van der Waals surface area contributed by atoms with Gasteiger partial charge in [0.15, 0.2) is 0 Å². The Kier molecular flexibility index (Phi) is 4.02. The zero-order chi connectivity index (χ0) is 12.8. The van der Waals surface area contributed by atoms with Gasteiger partial charge >= 0.3 is 0 Å². The Morgan fingerprint density at radius 3 is 2.56 bits per heavy atom. The van der Waals surface area contributed by atoms with Crippen LogP contribution < -0.4 is 10.1 Å². The van der Waals surface area contributed by atoms with Gasteiger partial charge in [-0.3, -0.25) is 0 Å². The highest BCUT2D eigenvalue weighted by molar-refractivity contribution is 5.66. The number of allylic oxidation sites excluding steroid dienone is 1. The van der Waals surface area contributed by atoms with Crippen LogP contribution in [0.3, 0.4) is 0 Å². The van der Waals surface area contributed by atoms with E-state index in [1.165, 1.54) is 11.1 Å². The molecule has 0 atom stereocenters. The van der Waals surface area contributed by atoms with Gasteiger partial charge in [0.2, 0.25) is 0 Å². The second-order valence-electron chi connectivity index (χ2n) is 4.07. The van der Waals surface area contributed by atoms with E-state index in [2.05, 4.69) is 24.4 Å². The minimum Gasteiger partial charge on any atom is -0.497 e. The minimum absolute atomic E-state index is 0.853. The molecular weight excluding hydrogens is 222 g/mol. The lowest BCUT2D eigenvalue weighted by atomic mass is 10.1. The molecule has 0 fully saturated rings. The summed E-state index contributed by atoms with van der Waals surface area (Å²) in [6, 6.07) is 18.2. The van der Waals surface area contributed by atoms with Gasteiger partial charge in [0.25, 0.3) is 0 Å². The zero-order valence-electron chi connectivity index (χ0n) is 10.7. The number of anilines is 1. The van der Waals surface area contributed by atoms with Crippen molar-refractivity contribution in [1.82, 2.24) is 0 Å². The monoisotopic (exact) mass is 239 g/mol. The van der Waals surface area contributed by atoms with Crippen LogP contribution in [0, 0.1) is 0 Å². The summed E-state index contributed by atoms with van der Waals surface area (Å²) in [5, 5.41) is 3.28. The average Bonchev–Trinajstić information content (AvgIpc) is 2.46. The highest BCUT2D eigenvalue weighted by atomic mass is 16.5. The summed E-state index contributed by atoms with van der Waals surface area (Å²) >= 11 is 0. The molecule has 0 aliphatic heterocycles. The van der Waals surface area contributed by atoms with Crippen LogP contribution in [0.25, 0.3) is 5.57 Å². The van der Waals surface area contributed by atoms with E-state index in [0.29, 0.717) is 0 Å². The van der Waals surface area contributed by atoms with E-state index in [-0.39, 0.29) is 0 Å². The van der Waals surface area contributed by atoms with Gasteiger partial charge in [0, 0.05) is 18.0 Å². The molecule has 0 spiro atoms. The molecule has 0 unspecified atom stereocenters. The molecule has 0 aliphatic rings. The standard InChI is InChI=1S/C16H17NO/c1-13(14-7-4-3-5-8-14)12-17-15-9-6-10-16(11-15)18-2/h3-12,17H,1-2H3. The zero-order valence-corrected chi connectivity index (χ0v) is 10.7. The van der Waals surface area contributed by atoms with E-state index < -0.39 is 0 Å². The number of ether oxygens (including phenoxy) is 1. The van der Waals surface area contributed by atoms with Crippen LogP contribution in [-0.2, 0) is 0 Å². The first-order valence-electron chi connectivity index (χ1n) is 5.92. The van der Waals surface area contributed by atoms with E-state index in [9.17, 15) is 0 Å². The number of hydrogen-bond acceptors (Lipinski definition) is 2. The second-order valence-corrected chi connectivity index (χ2v) is 4.07. The summed E-state index contributed by atoms with van der Waals surface area (Å²) in [6.45, 7) is 2.09. The molecule has 0 bridgehead atoms. The lowest BCUT2D eigenvalue weighted by Crippen LogP contribution is -1.91. The molecule has 0 amide bonds. The molecule has 1 N–H and O–H groups in total. The molecule has 2 rings (SSSR count). The summed E-state index contributed by atoms with van der Waals surface area (Å²) in [6.07, 6.45) is 2.00. The lowest BCUT2D eigenvalue weighted by molar-refractivity contribution is 0.415. The van der Waals surface area contributed by atoms with Crippen molar-refractivity contribution in [3.63, 3.8) is 0 Å². The first-order chi connectivity index (χ1) is 8.79. The van der Waals surface area contributed by atoms with E-state index in [0.717, 1.165) is 11.4 Å². The van der Waals surface area contributed by atoms with E-state index in [4.69, 9.17) is 4.74 Å². The van der Waals surface area contributed by atoms with Crippen molar-refractivity contribution in [3.8, 4) is 5.75 Å². The Morgan fingerprint density at radius 1 is 1.06 bits per heavy atom. The third kappa shape index (κ3) is 3.14. The van der Waals surface area contributed by atoms with Crippen molar-refractivity contribution in [2.75, 3.05) is 12.4 Å². The first kappa shape index (κ1) is 12.2. The molecule has 0 heterocycles. The Bertz CT molecular complexity index is 532. The van der Waals surface area contributed by atoms with Crippen LogP contribution in [0.15, 0.2) is 60.8 Å². The number of hydrogen-bond donors (Lipinski definition) is 1. The van der Waals surface area contributed by atoms with Gasteiger partial charge < -0.3 is 10.1 Å². The quantitative estimate of drug-likeness (QED) is 0.864. The molecule has 2 aromatic rings. The van der Waals surface area contributed by atoms with Crippen LogP contribution in [0.4, 0.5) is 5.69 Å². The molecule has 18 heavy (non-hydrogen) atoms. The van der Waals surface area contributed by atoms with Crippen molar-refractivity contribution in [1.29, 1.82) is 0 Å². The predicted octanol–water partition coefficient (Wildman–Crippen LogP) is 4.17. The van der Waals surface area contributed by atoms with Crippen LogP contribution >= 0.6 is 0 Å². The van der Waals surface area contributed by atoms with Crippen molar-refractivity contribution in [2.24, 2.45) is 0 Å². The number of rotatable bonds is 4. The second kappa shape index (κ2) is 5.92. The highest BCUT2D eigenvalue weighted by Crippen LogP contribution is 2.18. The van der Waals surface area contributed by atoms with E-state index in [1.54, 1.807) is 7.11 Å². The van der Waals surface area contributed by atoms with Gasteiger partial charge in [-0.1, -0.05) is 36.4 Å². The summed E-state index contributed by atoms with van der Waals surface area (Å²) < 4.78 is 5.19. The highest BCUT2D eigenvalue weighted by Gasteiger charge is 1.95. The predicted molar refractivity (Wildman–Crippen MR) is 76.7 cm³/mol. The minimum atomic E-state index is 0.853. The van der Waals surface area contributed by atoms with Gasteiger partial charge in [0.1, 0.15) is 5.75 Å². The fourth-order valence-corrected chi connectivity index (χ4v) is 1.69. The largest absolute Gasteiger partial charge is 0.497 e. The summed E-state index contributed by atoms with van der Waals surface area (Å²) in [5.74, 6) is 0.853. The molecule has 0 aromatic heterocycles. The van der Waals surface area contributed by atoms with Crippen molar-refractivity contribution in [2.45, 2.75) is 6.92 Å². The van der Waals surface area contributed by atoms with Crippen molar-refractivity contribution < 1.29 is 4.74 Å². The van der Waals surface area contributed by atoms with Crippen LogP contribution in [0.5, 0.6) is 5.75 Å². The maximum atomic E-state index is 5.19. The smallest absolute Gasteiger partial charge is 0.120 e. The summed E-state index contributed by atoms with van der Waals surface area (Å²) in [5.41, 5.74) is 3.43. The van der Waals surface area contributed by atoms with Gasteiger partial charge in [0.05, 0.1) is 7.11 Å². The molecule has 2 nitrogen and oxygen atoms in total. The molecule has 0 radical (unpaired) electrons. The molecule has 92 valence electrons. The fraction of sp³-hybridized carbons (Fsp3) is 0.125. The fourth-order valence-electron chi connectivity index (χ4n) is 1.69. The van der Waals surface area contributed by atoms with Gasteiger partial charge in [-0.2, -0.15) is 0 Å². The SMILES string of the molecule is COc1cccc(NC=C(C)c2ccccc2)c1. The average molecular weight is 239 g/mol. The Morgan fingerprint density at radius 2 is 1.83 bits per heavy atom. The molecule has 0 aliphatic carbocycles. The van der Waals surface area contributed by atoms with Crippen LogP contribution in [0.2, 0.25) is 0 Å². The maximum absolute atomic E-state index is 5.19. The van der Waals surface area contributed by atoms with Gasteiger partial charge in [-0.25, -0.2) is 0 Å². The van der Waals surface area contributed by atoms with Crippen LogP contribution in [0.1, 0.15) is 12.5 Å². The summed E-state index contributed by atoms with van der Waals surface area (Å²) in [4.78, 5) is 0. The number of benzene rings is 2. The van der Waals surface area contributed by atoms with E-state index >= 15 is 0 Å². The molecule has 0 saturated heterocycles. The first-order valence-corrected chi connectivity index (χ1v) is 5.92. The van der Waals surface area contributed by atoms with Gasteiger partial charge in [-0.15, -0.1) is 0 Å². The van der Waals surface area contributed by atoms with Crippen molar-refractivity contribution in [3.05, 3.63) is 66.4 Å². The molecule has 2 aromatic carbocycles. The third-order valence-corrected chi connectivity index (χ3v) is 2.75. The molecule has 0 saturated carbocycles. The Labute approximate surface area is 108 Å². The normalized spacial score (nSPS) is 11.1. The molecule has 2 heteroatoms. The summed E-state index contributed by atoms with van der Waals surface area (Å²) in [7, 11) is 1.67. The molecular formula is C16H17NO. The van der Waals surface area contributed by atoms with Crippen LogP contribution in [-0.4, -0.2) is 7.11 Å². The van der Waals surface area contributed by atoms with E-state index in [1.807, 2.05) is 48.7 Å².